The molecular formula is C16H14O2S. The molecule has 2 nitrogen and oxygen atoms in total. The van der Waals surface area contributed by atoms with Gasteiger partial charge >= 0.3 is 5.97 Å². The third-order valence-electron chi connectivity index (χ3n) is 3.30. The van der Waals surface area contributed by atoms with Crippen LogP contribution in [0.25, 0.3) is 12.2 Å². The Kier molecular flexibility index (Phi) is 3.22. The van der Waals surface area contributed by atoms with E-state index >= 15 is 0 Å². The molecule has 1 heterocycles. The third kappa shape index (κ3) is 2.61. The molecule has 0 radical (unpaired) electrons. The van der Waals surface area contributed by atoms with E-state index in [2.05, 4.69) is 36.4 Å². The van der Waals surface area contributed by atoms with Gasteiger partial charge in [-0.2, -0.15) is 0 Å². The van der Waals surface area contributed by atoms with Crippen molar-refractivity contribution in [2.45, 2.75) is 19.3 Å². The summed E-state index contributed by atoms with van der Waals surface area (Å²) >= 11 is 1.72. The summed E-state index contributed by atoms with van der Waals surface area (Å²) in [5.74, 6) is -0.732. The van der Waals surface area contributed by atoms with Crippen LogP contribution in [0.2, 0.25) is 0 Å². The van der Waals surface area contributed by atoms with Crippen LogP contribution < -0.4 is 10.4 Å². The highest BCUT2D eigenvalue weighted by atomic mass is 32.1. The van der Waals surface area contributed by atoms with Crippen molar-refractivity contribution in [2.24, 2.45) is 0 Å². The Bertz CT molecular complexity index is 740. The Morgan fingerprint density at radius 2 is 2.05 bits per heavy atom. The van der Waals surface area contributed by atoms with Crippen molar-refractivity contribution in [3.05, 3.63) is 56.1 Å². The second-order valence-corrected chi connectivity index (χ2v) is 5.85. The second-order valence-electron chi connectivity index (χ2n) is 4.68. The number of rotatable bonds is 3. The SMILES string of the molecule is O=C(O)CCc1cc2c(s1)C=c1ccccc1=CC2. The molecule has 3 rings (SSSR count). The molecule has 1 aromatic carbocycles. The summed E-state index contributed by atoms with van der Waals surface area (Å²) in [6.07, 6.45) is 6.21. The van der Waals surface area contributed by atoms with Gasteiger partial charge in [-0.25, -0.2) is 0 Å². The summed E-state index contributed by atoms with van der Waals surface area (Å²) in [5, 5.41) is 11.3. The first-order valence-corrected chi connectivity index (χ1v) is 7.14. The van der Waals surface area contributed by atoms with Gasteiger partial charge in [-0.1, -0.05) is 30.3 Å². The van der Waals surface area contributed by atoms with E-state index in [4.69, 9.17) is 5.11 Å². The molecule has 0 fully saturated rings. The van der Waals surface area contributed by atoms with E-state index < -0.39 is 5.97 Å². The number of benzene rings is 1. The van der Waals surface area contributed by atoms with Crippen LogP contribution in [-0.4, -0.2) is 11.1 Å². The minimum Gasteiger partial charge on any atom is -0.481 e. The highest BCUT2D eigenvalue weighted by Gasteiger charge is 2.09. The van der Waals surface area contributed by atoms with Gasteiger partial charge in [0, 0.05) is 9.75 Å². The predicted octanol–water partition coefficient (Wildman–Crippen LogP) is 1.93. The first-order valence-electron chi connectivity index (χ1n) is 6.33. The molecule has 19 heavy (non-hydrogen) atoms. The van der Waals surface area contributed by atoms with Crippen LogP contribution >= 0.6 is 11.3 Å². The molecule has 1 N–H and O–H groups in total. The lowest BCUT2D eigenvalue weighted by molar-refractivity contribution is -0.136. The van der Waals surface area contributed by atoms with Crippen LogP contribution in [0.1, 0.15) is 21.7 Å². The zero-order chi connectivity index (χ0) is 13.2. The summed E-state index contributed by atoms with van der Waals surface area (Å²) in [6.45, 7) is 0. The molecule has 0 spiro atoms. The van der Waals surface area contributed by atoms with Crippen LogP contribution in [0.3, 0.4) is 0 Å². The van der Waals surface area contributed by atoms with Gasteiger partial charge in [0.05, 0.1) is 6.42 Å². The van der Waals surface area contributed by atoms with Gasteiger partial charge in [0.2, 0.25) is 0 Å². The number of carbonyl (C=O) groups is 1. The van der Waals surface area contributed by atoms with Crippen LogP contribution in [0.4, 0.5) is 0 Å². The zero-order valence-electron chi connectivity index (χ0n) is 10.4. The summed E-state index contributed by atoms with van der Waals surface area (Å²) in [7, 11) is 0. The zero-order valence-corrected chi connectivity index (χ0v) is 11.2. The number of aryl methyl sites for hydroxylation is 1. The van der Waals surface area contributed by atoms with Crippen molar-refractivity contribution in [3.63, 3.8) is 0 Å². The molecular weight excluding hydrogens is 256 g/mol. The first-order chi connectivity index (χ1) is 9.22. The molecule has 2 aromatic rings. The third-order valence-corrected chi connectivity index (χ3v) is 4.49. The van der Waals surface area contributed by atoms with Gasteiger partial charge in [0.15, 0.2) is 0 Å². The number of aliphatic carboxylic acids is 1. The maximum atomic E-state index is 10.6. The van der Waals surface area contributed by atoms with E-state index in [0.29, 0.717) is 6.42 Å². The highest BCUT2D eigenvalue weighted by molar-refractivity contribution is 7.13. The molecule has 0 unspecified atom stereocenters. The maximum absolute atomic E-state index is 10.6. The first kappa shape index (κ1) is 12.2. The summed E-state index contributed by atoms with van der Waals surface area (Å²) in [5.41, 5.74) is 1.31. The molecule has 0 atom stereocenters. The standard InChI is InChI=1S/C16H14O2S/c17-16(18)8-7-14-9-13-6-5-11-3-1-2-4-12(11)10-15(13)19-14/h1-5,9-10H,6-8H2,(H,17,18). The second kappa shape index (κ2) is 5.02. The van der Waals surface area contributed by atoms with E-state index in [1.165, 1.54) is 20.9 Å². The van der Waals surface area contributed by atoms with Crippen LogP contribution in [0.5, 0.6) is 0 Å². The predicted molar refractivity (Wildman–Crippen MR) is 77.7 cm³/mol. The number of thiophene rings is 1. The van der Waals surface area contributed by atoms with Gasteiger partial charge in [0.1, 0.15) is 0 Å². The molecule has 0 aliphatic heterocycles. The fraction of sp³-hybridized carbons (Fsp3) is 0.188. The van der Waals surface area contributed by atoms with Crippen LogP contribution in [-0.2, 0) is 17.6 Å². The van der Waals surface area contributed by atoms with Gasteiger partial charge in [0.25, 0.3) is 0 Å². The van der Waals surface area contributed by atoms with Crippen molar-refractivity contribution in [2.75, 3.05) is 0 Å². The molecule has 0 amide bonds. The molecule has 0 saturated carbocycles. The largest absolute Gasteiger partial charge is 0.481 e. The number of hydrogen-bond donors (Lipinski definition) is 1. The molecule has 3 heteroatoms. The minimum atomic E-state index is -0.732. The molecule has 1 aliphatic rings. The summed E-state index contributed by atoms with van der Waals surface area (Å²) < 4.78 is 0. The Hall–Kier alpha value is -1.87. The number of fused-ring (bicyclic) bond motifs is 2. The Morgan fingerprint density at radius 1 is 1.26 bits per heavy atom. The lowest BCUT2D eigenvalue weighted by atomic mass is 10.1. The Morgan fingerprint density at radius 3 is 2.84 bits per heavy atom. The van der Waals surface area contributed by atoms with E-state index in [-0.39, 0.29) is 6.42 Å². The fourth-order valence-corrected chi connectivity index (χ4v) is 3.47. The van der Waals surface area contributed by atoms with Crippen LogP contribution in [0.15, 0.2) is 30.3 Å². The van der Waals surface area contributed by atoms with Gasteiger partial charge in [-0.05, 0) is 41.0 Å². The average Bonchev–Trinajstić information content (AvgIpc) is 2.70. The monoisotopic (exact) mass is 270 g/mol. The number of hydrogen-bond acceptors (Lipinski definition) is 2. The van der Waals surface area contributed by atoms with Crippen molar-refractivity contribution >= 4 is 29.5 Å². The van der Waals surface area contributed by atoms with Crippen molar-refractivity contribution in [3.8, 4) is 0 Å². The summed E-state index contributed by atoms with van der Waals surface area (Å²) in [4.78, 5) is 13.1. The topological polar surface area (TPSA) is 37.3 Å². The summed E-state index contributed by atoms with van der Waals surface area (Å²) in [6, 6.07) is 10.5. The normalized spacial score (nSPS) is 12.6. The lowest BCUT2D eigenvalue weighted by Gasteiger charge is -1.91. The van der Waals surface area contributed by atoms with E-state index in [0.717, 1.165) is 11.3 Å². The maximum Gasteiger partial charge on any atom is 0.303 e. The molecule has 96 valence electrons. The van der Waals surface area contributed by atoms with Crippen LogP contribution in [0, 0.1) is 0 Å². The minimum absolute atomic E-state index is 0.208. The molecule has 1 aliphatic carbocycles. The molecule has 1 aromatic heterocycles. The highest BCUT2D eigenvalue weighted by Crippen LogP contribution is 2.25. The van der Waals surface area contributed by atoms with E-state index in [9.17, 15) is 4.79 Å². The van der Waals surface area contributed by atoms with Crippen molar-refractivity contribution in [1.82, 2.24) is 0 Å². The Balaban J connectivity index is 1.98. The van der Waals surface area contributed by atoms with Gasteiger partial charge < -0.3 is 5.11 Å². The molecule has 0 bridgehead atoms. The Labute approximate surface area is 115 Å². The van der Waals surface area contributed by atoms with Crippen molar-refractivity contribution < 1.29 is 9.90 Å². The van der Waals surface area contributed by atoms with Gasteiger partial charge in [-0.3, -0.25) is 4.79 Å². The quantitative estimate of drug-likeness (QED) is 0.925. The van der Waals surface area contributed by atoms with E-state index in [1.807, 2.05) is 6.07 Å². The smallest absolute Gasteiger partial charge is 0.303 e. The molecule has 0 saturated heterocycles. The number of carboxylic acids is 1. The van der Waals surface area contributed by atoms with E-state index in [1.54, 1.807) is 11.3 Å². The lowest BCUT2D eigenvalue weighted by Crippen LogP contribution is -2.22. The van der Waals surface area contributed by atoms with Gasteiger partial charge in [-0.15, -0.1) is 11.3 Å². The number of carboxylic acid groups (broad SMARTS) is 1. The average molecular weight is 270 g/mol. The van der Waals surface area contributed by atoms with Crippen molar-refractivity contribution in [1.29, 1.82) is 0 Å². The fourth-order valence-electron chi connectivity index (χ4n) is 2.33.